The molecule has 0 aromatic heterocycles. The third-order valence-corrected chi connectivity index (χ3v) is 5.27. The molecule has 1 aliphatic carbocycles. The van der Waals surface area contributed by atoms with Gasteiger partial charge in [-0.3, -0.25) is 0 Å². The lowest BCUT2D eigenvalue weighted by molar-refractivity contribution is 0.306. The van der Waals surface area contributed by atoms with Crippen LogP contribution in [-0.4, -0.2) is 6.54 Å². The highest BCUT2D eigenvalue weighted by molar-refractivity contribution is 5.46. The van der Waals surface area contributed by atoms with Crippen LogP contribution < -0.4 is 5.73 Å². The van der Waals surface area contributed by atoms with Crippen LogP contribution in [0.4, 0.5) is 0 Å². The van der Waals surface area contributed by atoms with Gasteiger partial charge in [-0.2, -0.15) is 0 Å². The maximum absolute atomic E-state index is 6.17. The average Bonchev–Trinajstić information content (AvgIpc) is 2.42. The minimum atomic E-state index is 0.568. The second-order valence-electron chi connectivity index (χ2n) is 6.41. The molecule has 0 spiro atoms. The van der Waals surface area contributed by atoms with Crippen molar-refractivity contribution in [3.05, 3.63) is 33.9 Å². The van der Waals surface area contributed by atoms with Crippen molar-refractivity contribution in [1.82, 2.24) is 0 Å². The van der Waals surface area contributed by atoms with Crippen molar-refractivity contribution in [3.63, 3.8) is 0 Å². The van der Waals surface area contributed by atoms with Gasteiger partial charge in [0.15, 0.2) is 0 Å². The summed E-state index contributed by atoms with van der Waals surface area (Å²) in [6.07, 6.45) is 6.94. The van der Waals surface area contributed by atoms with E-state index in [1.807, 2.05) is 0 Å². The summed E-state index contributed by atoms with van der Waals surface area (Å²) in [5.74, 6) is 1.37. The van der Waals surface area contributed by atoms with Crippen molar-refractivity contribution in [2.75, 3.05) is 6.54 Å². The second-order valence-corrected chi connectivity index (χ2v) is 6.41. The van der Waals surface area contributed by atoms with Crippen molar-refractivity contribution in [2.45, 2.75) is 65.7 Å². The topological polar surface area (TPSA) is 26.0 Å². The van der Waals surface area contributed by atoms with Crippen LogP contribution in [0, 0.1) is 33.6 Å². The highest BCUT2D eigenvalue weighted by Gasteiger charge is 2.27. The Balaban J connectivity index is 2.42. The molecule has 1 aromatic carbocycles. The number of hydrogen-bond acceptors (Lipinski definition) is 1. The third kappa shape index (κ3) is 2.86. The lowest BCUT2D eigenvalue weighted by atomic mass is 9.73. The lowest BCUT2D eigenvalue weighted by Gasteiger charge is -2.32. The quantitative estimate of drug-likeness (QED) is 0.847. The molecule has 0 amide bonds. The van der Waals surface area contributed by atoms with Gasteiger partial charge in [-0.1, -0.05) is 25.3 Å². The molecule has 1 nitrogen and oxygen atoms in total. The van der Waals surface area contributed by atoms with Crippen LogP contribution in [0.3, 0.4) is 0 Å². The monoisotopic (exact) mass is 259 g/mol. The SMILES string of the molecule is Cc1cc(C)c(C)c(C(CN)C2CCCCC2)c1C. The van der Waals surface area contributed by atoms with Crippen LogP contribution in [0.1, 0.15) is 65.8 Å². The molecule has 1 heteroatoms. The van der Waals surface area contributed by atoms with Gasteiger partial charge in [0.25, 0.3) is 0 Å². The number of hydrogen-bond donors (Lipinski definition) is 1. The number of benzene rings is 1. The summed E-state index contributed by atoms with van der Waals surface area (Å²) in [5, 5.41) is 0. The predicted molar refractivity (Wildman–Crippen MR) is 83.8 cm³/mol. The molecular formula is C18H29N. The summed E-state index contributed by atoms with van der Waals surface area (Å²) in [6.45, 7) is 9.83. The van der Waals surface area contributed by atoms with Gasteiger partial charge in [-0.15, -0.1) is 0 Å². The summed E-state index contributed by atoms with van der Waals surface area (Å²) in [7, 11) is 0. The molecular weight excluding hydrogens is 230 g/mol. The van der Waals surface area contributed by atoms with Crippen LogP contribution in [0.2, 0.25) is 0 Å². The van der Waals surface area contributed by atoms with E-state index in [9.17, 15) is 0 Å². The maximum atomic E-state index is 6.17. The molecule has 0 radical (unpaired) electrons. The van der Waals surface area contributed by atoms with Gasteiger partial charge in [0.05, 0.1) is 0 Å². The molecule has 2 N–H and O–H groups in total. The minimum Gasteiger partial charge on any atom is -0.330 e. The zero-order chi connectivity index (χ0) is 14.0. The van der Waals surface area contributed by atoms with Crippen LogP contribution in [-0.2, 0) is 0 Å². The maximum Gasteiger partial charge on any atom is -0.000510 e. The van der Waals surface area contributed by atoms with Crippen molar-refractivity contribution in [3.8, 4) is 0 Å². The smallest absolute Gasteiger partial charge is 0.000510 e. The summed E-state index contributed by atoms with van der Waals surface area (Å²) >= 11 is 0. The first kappa shape index (κ1) is 14.6. The zero-order valence-corrected chi connectivity index (χ0v) is 13.1. The van der Waals surface area contributed by atoms with Crippen molar-refractivity contribution in [2.24, 2.45) is 11.7 Å². The molecule has 1 atom stereocenters. The Morgan fingerprint density at radius 1 is 1.00 bits per heavy atom. The standard InChI is InChI=1S/C18H29N/c1-12-10-13(2)15(4)18(14(12)3)17(11-19)16-8-6-5-7-9-16/h10,16-17H,5-9,11,19H2,1-4H3. The Kier molecular flexibility index (Phi) is 4.67. The minimum absolute atomic E-state index is 0.568. The first-order valence-corrected chi connectivity index (χ1v) is 7.83. The highest BCUT2D eigenvalue weighted by Crippen LogP contribution is 2.39. The lowest BCUT2D eigenvalue weighted by Crippen LogP contribution is -2.25. The normalized spacial score (nSPS) is 18.6. The molecule has 2 rings (SSSR count). The molecule has 0 saturated heterocycles. The summed E-state index contributed by atoms with van der Waals surface area (Å²) < 4.78 is 0. The van der Waals surface area contributed by atoms with Gasteiger partial charge in [0, 0.05) is 0 Å². The van der Waals surface area contributed by atoms with Gasteiger partial charge in [-0.05, 0) is 86.7 Å². The van der Waals surface area contributed by atoms with E-state index in [0.717, 1.165) is 12.5 Å². The molecule has 106 valence electrons. The van der Waals surface area contributed by atoms with Gasteiger partial charge >= 0.3 is 0 Å². The predicted octanol–water partition coefficient (Wildman–Crippen LogP) is 4.54. The number of rotatable bonds is 3. The number of nitrogens with two attached hydrogens (primary N) is 1. The fraction of sp³-hybridized carbons (Fsp3) is 0.667. The van der Waals surface area contributed by atoms with Crippen LogP contribution in [0.25, 0.3) is 0 Å². The molecule has 19 heavy (non-hydrogen) atoms. The van der Waals surface area contributed by atoms with Crippen molar-refractivity contribution >= 4 is 0 Å². The van der Waals surface area contributed by atoms with Crippen LogP contribution >= 0.6 is 0 Å². The van der Waals surface area contributed by atoms with Gasteiger partial charge in [-0.25, -0.2) is 0 Å². The molecule has 1 aromatic rings. The van der Waals surface area contributed by atoms with Gasteiger partial charge in [0.1, 0.15) is 0 Å². The Labute approximate surface area is 118 Å². The first-order chi connectivity index (χ1) is 9.06. The van der Waals surface area contributed by atoms with Crippen LogP contribution in [0.5, 0.6) is 0 Å². The molecule has 1 unspecified atom stereocenters. The van der Waals surface area contributed by atoms with E-state index in [2.05, 4.69) is 33.8 Å². The Morgan fingerprint density at radius 3 is 2.00 bits per heavy atom. The fourth-order valence-electron chi connectivity index (χ4n) is 3.89. The van der Waals surface area contributed by atoms with Gasteiger partial charge < -0.3 is 5.73 Å². The first-order valence-electron chi connectivity index (χ1n) is 7.83. The van der Waals surface area contributed by atoms with Gasteiger partial charge in [0.2, 0.25) is 0 Å². The molecule has 1 saturated carbocycles. The van der Waals surface area contributed by atoms with Crippen molar-refractivity contribution < 1.29 is 0 Å². The molecule has 0 aliphatic heterocycles. The van der Waals surface area contributed by atoms with E-state index in [4.69, 9.17) is 5.73 Å². The van der Waals surface area contributed by atoms with Crippen molar-refractivity contribution in [1.29, 1.82) is 0 Å². The van der Waals surface area contributed by atoms with Crippen LogP contribution in [0.15, 0.2) is 6.07 Å². The third-order valence-electron chi connectivity index (χ3n) is 5.27. The fourth-order valence-corrected chi connectivity index (χ4v) is 3.89. The highest BCUT2D eigenvalue weighted by atomic mass is 14.6. The van der Waals surface area contributed by atoms with E-state index < -0.39 is 0 Å². The Hall–Kier alpha value is -0.820. The molecule has 1 aliphatic rings. The zero-order valence-electron chi connectivity index (χ0n) is 13.1. The van der Waals surface area contributed by atoms with E-state index in [1.165, 1.54) is 54.4 Å². The van der Waals surface area contributed by atoms with E-state index in [0.29, 0.717) is 5.92 Å². The van der Waals surface area contributed by atoms with E-state index >= 15 is 0 Å². The van der Waals surface area contributed by atoms with E-state index in [-0.39, 0.29) is 0 Å². The summed E-state index contributed by atoms with van der Waals surface area (Å²) in [5.41, 5.74) is 13.5. The largest absolute Gasteiger partial charge is 0.330 e. The molecule has 0 heterocycles. The number of aryl methyl sites for hydroxylation is 2. The second kappa shape index (κ2) is 6.09. The van der Waals surface area contributed by atoms with E-state index in [1.54, 1.807) is 5.56 Å². The average molecular weight is 259 g/mol. The Bertz CT molecular complexity index is 415. The summed E-state index contributed by atoms with van der Waals surface area (Å²) in [4.78, 5) is 0. The molecule has 0 bridgehead atoms. The Morgan fingerprint density at radius 2 is 1.53 bits per heavy atom. The summed E-state index contributed by atoms with van der Waals surface area (Å²) in [6, 6.07) is 2.32. The molecule has 1 fully saturated rings.